The Morgan fingerprint density at radius 1 is 1.05 bits per heavy atom. The molecule has 0 radical (unpaired) electrons. The van der Waals surface area contributed by atoms with Crippen LogP contribution in [0.4, 0.5) is 23.0 Å². The van der Waals surface area contributed by atoms with Crippen LogP contribution in [0.3, 0.4) is 0 Å². The van der Waals surface area contributed by atoms with Gasteiger partial charge >= 0.3 is 0 Å². The highest BCUT2D eigenvalue weighted by Crippen LogP contribution is 2.43. The third-order valence-corrected chi connectivity index (χ3v) is 11.2. The largest absolute Gasteiger partial charge is 0.340 e. The van der Waals surface area contributed by atoms with Crippen LogP contribution in [-0.2, 0) is 14.6 Å². The van der Waals surface area contributed by atoms with E-state index in [-0.39, 0.29) is 23.6 Å². The zero-order valence-corrected chi connectivity index (χ0v) is 22.1. The number of likely N-dealkylation sites (tertiary alicyclic amines) is 1. The number of amides is 2. The Morgan fingerprint density at radius 3 is 2.38 bits per heavy atom. The molecule has 1 aliphatic carbocycles. The average Bonchev–Trinajstić information content (AvgIpc) is 2.87. The van der Waals surface area contributed by atoms with Gasteiger partial charge in [0.1, 0.15) is 16.6 Å². The third-order valence-electron chi connectivity index (χ3n) is 8.67. The Kier molecular flexibility index (Phi) is 5.70. The Bertz CT molecular complexity index is 1350. The SMILES string of the molecule is C[C@@H]1C(=O)N(C)c2ccc(Nc3ccc(C(=O)N4CC5(CCS5(=O)=O)C4)cc3)nc2N1C1CCCCC1. The first-order chi connectivity index (χ1) is 17.7. The third kappa shape index (κ3) is 3.88. The topological polar surface area (TPSA) is 103 Å². The predicted molar refractivity (Wildman–Crippen MR) is 143 cm³/mol. The van der Waals surface area contributed by atoms with Crippen LogP contribution >= 0.6 is 0 Å². The number of anilines is 4. The summed E-state index contributed by atoms with van der Waals surface area (Å²) in [5.74, 6) is 1.68. The normalized spacial score (nSPS) is 24.3. The molecule has 1 spiro atoms. The summed E-state index contributed by atoms with van der Waals surface area (Å²) in [6.45, 7) is 2.55. The van der Waals surface area contributed by atoms with E-state index in [0.29, 0.717) is 36.9 Å². The summed E-state index contributed by atoms with van der Waals surface area (Å²) in [6.07, 6.45) is 6.37. The van der Waals surface area contributed by atoms with Crippen molar-refractivity contribution in [1.29, 1.82) is 0 Å². The molecule has 4 heterocycles. The molecule has 1 atom stereocenters. The maximum absolute atomic E-state index is 12.9. The number of pyridine rings is 1. The number of likely N-dealkylation sites (N-methyl/N-ethyl adjacent to an activating group) is 1. The molecule has 3 fully saturated rings. The number of sulfone groups is 1. The number of benzene rings is 1. The van der Waals surface area contributed by atoms with Crippen LogP contribution in [0.5, 0.6) is 0 Å². The molecule has 2 saturated heterocycles. The summed E-state index contributed by atoms with van der Waals surface area (Å²) in [5.41, 5.74) is 2.15. The molecular weight excluding hydrogens is 490 g/mol. The molecule has 37 heavy (non-hydrogen) atoms. The summed E-state index contributed by atoms with van der Waals surface area (Å²) in [7, 11) is -1.23. The quantitative estimate of drug-likeness (QED) is 0.656. The summed E-state index contributed by atoms with van der Waals surface area (Å²) in [6, 6.07) is 11.0. The minimum atomic E-state index is -3.04. The summed E-state index contributed by atoms with van der Waals surface area (Å²) < 4.78 is 23.4. The molecule has 6 rings (SSSR count). The molecule has 2 aromatic rings. The first kappa shape index (κ1) is 24.2. The van der Waals surface area contributed by atoms with Gasteiger partial charge in [-0.25, -0.2) is 13.4 Å². The molecule has 196 valence electrons. The van der Waals surface area contributed by atoms with Gasteiger partial charge in [0.15, 0.2) is 15.7 Å². The summed E-state index contributed by atoms with van der Waals surface area (Å²) in [5, 5.41) is 3.34. The van der Waals surface area contributed by atoms with Crippen molar-refractivity contribution in [2.75, 3.05) is 41.0 Å². The molecule has 1 aromatic heterocycles. The second-order valence-corrected chi connectivity index (χ2v) is 13.4. The second-order valence-electron chi connectivity index (χ2n) is 10.9. The minimum Gasteiger partial charge on any atom is -0.340 e. The van der Waals surface area contributed by atoms with Crippen LogP contribution in [0.1, 0.15) is 55.8 Å². The highest BCUT2D eigenvalue weighted by atomic mass is 32.2. The molecule has 1 aromatic carbocycles. The van der Waals surface area contributed by atoms with Gasteiger partial charge in [-0.05, 0) is 62.6 Å². The fraction of sp³-hybridized carbons (Fsp3) is 0.519. The smallest absolute Gasteiger partial charge is 0.253 e. The van der Waals surface area contributed by atoms with Gasteiger partial charge in [-0.15, -0.1) is 0 Å². The van der Waals surface area contributed by atoms with E-state index in [2.05, 4.69) is 10.2 Å². The summed E-state index contributed by atoms with van der Waals surface area (Å²) >= 11 is 0. The summed E-state index contributed by atoms with van der Waals surface area (Å²) in [4.78, 5) is 36.2. The van der Waals surface area contributed by atoms with Crippen molar-refractivity contribution in [2.45, 2.75) is 62.3 Å². The van der Waals surface area contributed by atoms with E-state index >= 15 is 0 Å². The number of hydrogen-bond donors (Lipinski definition) is 1. The van der Waals surface area contributed by atoms with Crippen molar-refractivity contribution in [1.82, 2.24) is 9.88 Å². The minimum absolute atomic E-state index is 0.0869. The lowest BCUT2D eigenvalue weighted by Crippen LogP contribution is -2.72. The number of aromatic nitrogens is 1. The van der Waals surface area contributed by atoms with Gasteiger partial charge in [-0.1, -0.05) is 19.3 Å². The van der Waals surface area contributed by atoms with Gasteiger partial charge in [-0.2, -0.15) is 0 Å². The van der Waals surface area contributed by atoms with Crippen molar-refractivity contribution in [3.8, 4) is 0 Å². The van der Waals surface area contributed by atoms with Gasteiger partial charge in [0.2, 0.25) is 5.91 Å². The van der Waals surface area contributed by atoms with E-state index in [4.69, 9.17) is 4.98 Å². The van der Waals surface area contributed by atoms with Gasteiger partial charge in [0.25, 0.3) is 5.91 Å². The van der Waals surface area contributed by atoms with Crippen molar-refractivity contribution < 1.29 is 18.0 Å². The zero-order chi connectivity index (χ0) is 25.9. The van der Waals surface area contributed by atoms with Crippen molar-refractivity contribution in [3.63, 3.8) is 0 Å². The van der Waals surface area contributed by atoms with E-state index in [1.54, 1.807) is 29.0 Å². The van der Waals surface area contributed by atoms with Crippen LogP contribution < -0.4 is 15.1 Å². The molecule has 2 amide bonds. The van der Waals surface area contributed by atoms with Crippen LogP contribution in [0.15, 0.2) is 36.4 Å². The predicted octanol–water partition coefficient (Wildman–Crippen LogP) is 3.34. The van der Waals surface area contributed by atoms with Crippen molar-refractivity contribution >= 4 is 44.7 Å². The van der Waals surface area contributed by atoms with Crippen LogP contribution in [0.25, 0.3) is 0 Å². The number of rotatable bonds is 4. The second kappa shape index (κ2) is 8.72. The Morgan fingerprint density at radius 2 is 1.76 bits per heavy atom. The number of fused-ring (bicyclic) bond motifs is 1. The number of carbonyl (C=O) groups is 2. The molecule has 0 unspecified atom stereocenters. The number of nitrogens with zero attached hydrogens (tertiary/aromatic N) is 4. The van der Waals surface area contributed by atoms with E-state index in [1.165, 1.54) is 19.3 Å². The average molecular weight is 524 g/mol. The highest BCUT2D eigenvalue weighted by molar-refractivity contribution is 7.94. The molecule has 1 N–H and O–H groups in total. The number of nitrogens with one attached hydrogen (secondary N) is 1. The maximum atomic E-state index is 12.9. The molecule has 0 bridgehead atoms. The first-order valence-corrected chi connectivity index (χ1v) is 14.8. The maximum Gasteiger partial charge on any atom is 0.253 e. The fourth-order valence-electron chi connectivity index (χ4n) is 6.24. The van der Waals surface area contributed by atoms with Crippen molar-refractivity contribution in [3.05, 3.63) is 42.0 Å². The van der Waals surface area contributed by atoms with Crippen LogP contribution in [-0.4, -0.2) is 72.8 Å². The first-order valence-electron chi connectivity index (χ1n) is 13.1. The van der Waals surface area contributed by atoms with Crippen LogP contribution in [0, 0.1) is 0 Å². The van der Waals surface area contributed by atoms with E-state index < -0.39 is 14.6 Å². The number of carbonyl (C=O) groups excluding carboxylic acids is 2. The monoisotopic (exact) mass is 523 g/mol. The Balaban J connectivity index is 1.18. The van der Waals surface area contributed by atoms with Crippen molar-refractivity contribution in [2.24, 2.45) is 0 Å². The molecule has 1 saturated carbocycles. The van der Waals surface area contributed by atoms with Gasteiger partial charge < -0.3 is 20.0 Å². The van der Waals surface area contributed by atoms with E-state index in [0.717, 1.165) is 30.0 Å². The molecular formula is C27H33N5O4S. The lowest BCUT2D eigenvalue weighted by molar-refractivity contribution is -0.119. The lowest BCUT2D eigenvalue weighted by Gasteiger charge is -2.54. The van der Waals surface area contributed by atoms with Gasteiger partial charge in [0, 0.05) is 37.4 Å². The fourth-order valence-corrected chi connectivity index (χ4v) is 8.06. The molecule has 3 aliphatic heterocycles. The van der Waals surface area contributed by atoms with Gasteiger partial charge in [-0.3, -0.25) is 9.59 Å². The Hall–Kier alpha value is -3.14. The van der Waals surface area contributed by atoms with Crippen LogP contribution in [0.2, 0.25) is 0 Å². The van der Waals surface area contributed by atoms with E-state index in [9.17, 15) is 18.0 Å². The molecule has 10 heteroatoms. The number of hydrogen-bond acceptors (Lipinski definition) is 7. The van der Waals surface area contributed by atoms with Gasteiger partial charge in [0.05, 0.1) is 11.4 Å². The molecule has 9 nitrogen and oxygen atoms in total. The highest BCUT2D eigenvalue weighted by Gasteiger charge is 2.60. The standard InChI is InChI=1S/C27H33N5O4S/c1-18-25(33)30(2)22-12-13-23(29-24(22)32(18)21-6-4-3-5-7-21)28-20-10-8-19(9-11-20)26(34)31-16-27(17-31)14-15-37(27,35)36/h8-13,18,21H,3-7,14-17H2,1-2H3,(H,28,29)/t18-/m1/s1. The zero-order valence-electron chi connectivity index (χ0n) is 21.3. The lowest BCUT2D eigenvalue weighted by atomic mass is 9.92. The Labute approximate surface area is 217 Å². The van der Waals surface area contributed by atoms with E-state index in [1.807, 2.05) is 31.2 Å². The molecule has 4 aliphatic rings.